The van der Waals surface area contributed by atoms with Crippen molar-refractivity contribution in [2.24, 2.45) is 5.92 Å². The van der Waals surface area contributed by atoms with Crippen molar-refractivity contribution in [3.63, 3.8) is 0 Å². The third-order valence-corrected chi connectivity index (χ3v) is 2.81. The van der Waals surface area contributed by atoms with Crippen LogP contribution in [0.25, 0.3) is 0 Å². The second-order valence-corrected chi connectivity index (χ2v) is 4.25. The zero-order valence-corrected chi connectivity index (χ0v) is 9.72. The van der Waals surface area contributed by atoms with Crippen molar-refractivity contribution in [3.05, 3.63) is 11.7 Å². The molecule has 2 atom stereocenters. The third kappa shape index (κ3) is 2.80. The molecule has 0 bridgehead atoms. The summed E-state index contributed by atoms with van der Waals surface area (Å²) in [5.41, 5.74) is 0. The van der Waals surface area contributed by atoms with E-state index in [2.05, 4.69) is 10.1 Å². The zero-order valence-electron chi connectivity index (χ0n) is 9.72. The van der Waals surface area contributed by atoms with E-state index in [-0.39, 0.29) is 12.2 Å². The molecule has 1 aromatic heterocycles. The molecule has 0 aliphatic heterocycles. The van der Waals surface area contributed by atoms with E-state index in [1.807, 2.05) is 13.8 Å². The van der Waals surface area contributed by atoms with E-state index < -0.39 is 0 Å². The summed E-state index contributed by atoms with van der Waals surface area (Å²) in [4.78, 5) is 4.22. The third-order valence-electron chi connectivity index (χ3n) is 2.81. The number of ether oxygens (including phenoxy) is 1. The van der Waals surface area contributed by atoms with Crippen LogP contribution >= 0.6 is 0 Å². The second kappa shape index (κ2) is 4.93. The number of rotatable bonds is 6. The van der Waals surface area contributed by atoms with Crippen molar-refractivity contribution < 1.29 is 14.4 Å². The maximum absolute atomic E-state index is 9.73. The van der Waals surface area contributed by atoms with Crippen molar-refractivity contribution in [1.82, 2.24) is 10.1 Å². The minimum atomic E-state index is -0.337. The summed E-state index contributed by atoms with van der Waals surface area (Å²) >= 11 is 0. The fourth-order valence-corrected chi connectivity index (χ4v) is 1.67. The smallest absolute Gasteiger partial charge is 0.229 e. The number of nitrogens with zero attached hydrogens (tertiary/aromatic N) is 2. The van der Waals surface area contributed by atoms with Gasteiger partial charge < -0.3 is 14.4 Å². The summed E-state index contributed by atoms with van der Waals surface area (Å²) in [6.45, 7) is 4.43. The van der Waals surface area contributed by atoms with Crippen molar-refractivity contribution in [2.75, 3.05) is 6.61 Å². The van der Waals surface area contributed by atoms with Crippen LogP contribution in [0.5, 0.6) is 0 Å². The minimum absolute atomic E-state index is 0.152. The van der Waals surface area contributed by atoms with Gasteiger partial charge >= 0.3 is 0 Å². The lowest BCUT2D eigenvalue weighted by Gasteiger charge is -2.05. The van der Waals surface area contributed by atoms with Crippen LogP contribution < -0.4 is 0 Å². The van der Waals surface area contributed by atoms with Crippen molar-refractivity contribution in [3.8, 4) is 0 Å². The highest BCUT2D eigenvalue weighted by atomic mass is 16.5. The van der Waals surface area contributed by atoms with E-state index >= 15 is 0 Å². The highest BCUT2D eigenvalue weighted by Gasteiger charge is 2.31. The molecule has 1 fully saturated rings. The van der Waals surface area contributed by atoms with Crippen molar-refractivity contribution >= 4 is 0 Å². The number of hydrogen-bond donors (Lipinski definition) is 1. The van der Waals surface area contributed by atoms with E-state index in [0.29, 0.717) is 30.7 Å². The molecule has 5 nitrogen and oxygen atoms in total. The number of aliphatic hydroxyl groups excluding tert-OH is 1. The van der Waals surface area contributed by atoms with Crippen LogP contribution in [0.15, 0.2) is 4.52 Å². The molecule has 16 heavy (non-hydrogen) atoms. The monoisotopic (exact) mass is 226 g/mol. The molecule has 1 N–H and O–H groups in total. The van der Waals surface area contributed by atoms with E-state index in [1.165, 1.54) is 0 Å². The van der Waals surface area contributed by atoms with Crippen LogP contribution in [0, 0.1) is 5.92 Å². The first-order valence-electron chi connectivity index (χ1n) is 5.82. The Morgan fingerprint density at radius 2 is 2.31 bits per heavy atom. The first kappa shape index (κ1) is 11.5. The fourth-order valence-electron chi connectivity index (χ4n) is 1.67. The maximum atomic E-state index is 9.73. The molecule has 1 aliphatic rings. The molecular weight excluding hydrogens is 208 g/mol. The molecule has 90 valence electrons. The number of hydrogen-bond acceptors (Lipinski definition) is 5. The van der Waals surface area contributed by atoms with Gasteiger partial charge in [0.25, 0.3) is 0 Å². The van der Waals surface area contributed by atoms with Crippen molar-refractivity contribution in [1.29, 1.82) is 0 Å². The highest BCUT2D eigenvalue weighted by molar-refractivity contribution is 4.93. The molecular formula is C11H18N2O3. The van der Waals surface area contributed by atoms with Gasteiger partial charge in [-0.3, -0.25) is 0 Å². The first-order chi connectivity index (χ1) is 7.70. The zero-order chi connectivity index (χ0) is 11.5. The lowest BCUT2D eigenvalue weighted by molar-refractivity contribution is 0.0683. The summed E-state index contributed by atoms with van der Waals surface area (Å²) in [5.74, 6) is 1.49. The normalized spacial score (nSPS) is 19.7. The Morgan fingerprint density at radius 1 is 1.56 bits per heavy atom. The summed E-state index contributed by atoms with van der Waals surface area (Å²) in [6, 6.07) is 0. The van der Waals surface area contributed by atoms with Gasteiger partial charge in [0.1, 0.15) is 6.10 Å². The van der Waals surface area contributed by atoms with Gasteiger partial charge in [-0.05, 0) is 32.6 Å². The van der Waals surface area contributed by atoms with Crippen LogP contribution in [0.3, 0.4) is 0 Å². The molecule has 1 aliphatic carbocycles. The molecule has 5 heteroatoms. The Bertz CT molecular complexity index is 336. The average molecular weight is 226 g/mol. The predicted octanol–water partition coefficient (Wildman–Crippen LogP) is 1.48. The molecule has 2 unspecified atom stereocenters. The van der Waals surface area contributed by atoms with E-state index in [4.69, 9.17) is 9.26 Å². The van der Waals surface area contributed by atoms with Crippen LogP contribution in [0.2, 0.25) is 0 Å². The quantitative estimate of drug-likeness (QED) is 0.795. The van der Waals surface area contributed by atoms with Gasteiger partial charge in [-0.15, -0.1) is 0 Å². The van der Waals surface area contributed by atoms with Gasteiger partial charge in [0.15, 0.2) is 5.82 Å². The van der Waals surface area contributed by atoms with Gasteiger partial charge in [0.2, 0.25) is 5.89 Å². The molecule has 0 saturated heterocycles. The maximum Gasteiger partial charge on any atom is 0.229 e. The van der Waals surface area contributed by atoms with E-state index in [0.717, 1.165) is 12.8 Å². The molecule has 0 spiro atoms. The standard InChI is InChI=1S/C11H18N2O3/c1-3-15-7(2)11-12-10(16-13-11)6-9(14)8-4-5-8/h7-9,14H,3-6H2,1-2H3. The SMILES string of the molecule is CCOC(C)c1noc(CC(O)C2CC2)n1. The number of aliphatic hydroxyl groups is 1. The van der Waals surface area contributed by atoms with Crippen LogP contribution in [-0.2, 0) is 11.2 Å². The Hall–Kier alpha value is -0.940. The fraction of sp³-hybridized carbons (Fsp3) is 0.818. The van der Waals surface area contributed by atoms with Crippen LogP contribution in [-0.4, -0.2) is 28.0 Å². The Balaban J connectivity index is 1.90. The molecule has 1 saturated carbocycles. The number of aromatic nitrogens is 2. The van der Waals surface area contributed by atoms with E-state index in [1.54, 1.807) is 0 Å². The summed E-state index contributed by atoms with van der Waals surface area (Å²) in [5, 5.41) is 13.6. The van der Waals surface area contributed by atoms with Gasteiger partial charge in [0.05, 0.1) is 12.5 Å². The Labute approximate surface area is 94.8 Å². The lowest BCUT2D eigenvalue weighted by Crippen LogP contribution is -2.13. The average Bonchev–Trinajstić information content (AvgIpc) is 3.00. The second-order valence-electron chi connectivity index (χ2n) is 4.25. The molecule has 2 rings (SSSR count). The molecule has 0 aromatic carbocycles. The topological polar surface area (TPSA) is 68.4 Å². The van der Waals surface area contributed by atoms with E-state index in [9.17, 15) is 5.11 Å². The predicted molar refractivity (Wildman–Crippen MR) is 56.8 cm³/mol. The van der Waals surface area contributed by atoms with Gasteiger partial charge in [-0.2, -0.15) is 4.98 Å². The van der Waals surface area contributed by atoms with Crippen LogP contribution in [0.4, 0.5) is 0 Å². The first-order valence-corrected chi connectivity index (χ1v) is 5.82. The van der Waals surface area contributed by atoms with Gasteiger partial charge in [0, 0.05) is 6.61 Å². The Morgan fingerprint density at radius 3 is 2.94 bits per heavy atom. The lowest BCUT2D eigenvalue weighted by atomic mass is 10.2. The largest absolute Gasteiger partial charge is 0.392 e. The molecule has 0 radical (unpaired) electrons. The molecule has 1 aromatic rings. The summed E-state index contributed by atoms with van der Waals surface area (Å²) < 4.78 is 10.4. The molecule has 1 heterocycles. The summed E-state index contributed by atoms with van der Waals surface area (Å²) in [6.07, 6.45) is 2.18. The van der Waals surface area contributed by atoms with Gasteiger partial charge in [-0.1, -0.05) is 5.16 Å². The highest BCUT2D eigenvalue weighted by Crippen LogP contribution is 2.33. The summed E-state index contributed by atoms with van der Waals surface area (Å²) in [7, 11) is 0. The Kier molecular flexibility index (Phi) is 3.56. The molecule has 0 amide bonds. The van der Waals surface area contributed by atoms with Gasteiger partial charge in [-0.25, -0.2) is 0 Å². The van der Waals surface area contributed by atoms with Crippen LogP contribution in [0.1, 0.15) is 44.5 Å². The minimum Gasteiger partial charge on any atom is -0.392 e. The van der Waals surface area contributed by atoms with Crippen molar-refractivity contribution in [2.45, 2.75) is 45.3 Å².